The van der Waals surface area contributed by atoms with Gasteiger partial charge in [-0.1, -0.05) is 12.1 Å². The number of H-pyrrole nitrogens is 1. The third-order valence-electron chi connectivity index (χ3n) is 2.68. The molecular formula is C12H12N2O4. The van der Waals surface area contributed by atoms with E-state index in [0.29, 0.717) is 17.0 Å². The molecule has 6 nitrogen and oxygen atoms in total. The van der Waals surface area contributed by atoms with Crippen molar-refractivity contribution in [2.24, 2.45) is 7.05 Å². The number of hydrogen-bond acceptors (Lipinski definition) is 3. The number of carbonyl (C=O) groups is 1. The van der Waals surface area contributed by atoms with Crippen LogP contribution in [0.1, 0.15) is 10.5 Å². The van der Waals surface area contributed by atoms with E-state index < -0.39 is 11.7 Å². The molecule has 2 N–H and O–H groups in total. The first-order valence-corrected chi connectivity index (χ1v) is 5.22. The molecule has 0 atom stereocenters. The summed E-state index contributed by atoms with van der Waals surface area (Å²) in [6.45, 7) is 0. The van der Waals surface area contributed by atoms with Crippen LogP contribution < -0.4 is 10.4 Å². The molecule has 0 amide bonds. The number of rotatable bonds is 3. The van der Waals surface area contributed by atoms with Crippen LogP contribution in [0.2, 0.25) is 0 Å². The van der Waals surface area contributed by atoms with Crippen molar-refractivity contribution in [1.29, 1.82) is 0 Å². The summed E-state index contributed by atoms with van der Waals surface area (Å²) in [6.07, 6.45) is 0. The summed E-state index contributed by atoms with van der Waals surface area (Å²) in [7, 11) is 3.00. The lowest BCUT2D eigenvalue weighted by molar-refractivity contribution is 0.0691. The average Bonchev–Trinajstić information content (AvgIpc) is 2.66. The molecule has 0 aliphatic carbocycles. The minimum atomic E-state index is -1.19. The molecule has 0 saturated heterocycles. The highest BCUT2D eigenvalue weighted by atomic mass is 16.5. The van der Waals surface area contributed by atoms with Crippen LogP contribution in [0.5, 0.6) is 5.75 Å². The van der Waals surface area contributed by atoms with E-state index in [9.17, 15) is 9.59 Å². The van der Waals surface area contributed by atoms with Gasteiger partial charge in [-0.2, -0.15) is 0 Å². The van der Waals surface area contributed by atoms with E-state index in [1.807, 2.05) is 0 Å². The van der Waals surface area contributed by atoms with Crippen molar-refractivity contribution in [1.82, 2.24) is 9.55 Å². The summed E-state index contributed by atoms with van der Waals surface area (Å²) < 4.78 is 6.43. The smallest absolute Gasteiger partial charge is 0.354 e. The van der Waals surface area contributed by atoms with E-state index in [4.69, 9.17) is 9.84 Å². The van der Waals surface area contributed by atoms with Gasteiger partial charge >= 0.3 is 11.7 Å². The third kappa shape index (κ3) is 1.77. The summed E-state index contributed by atoms with van der Waals surface area (Å²) in [6, 6.07) is 6.93. The van der Waals surface area contributed by atoms with Crippen LogP contribution in [-0.4, -0.2) is 27.7 Å². The number of aromatic carboxylic acids is 1. The topological polar surface area (TPSA) is 84.3 Å². The Bertz CT molecular complexity index is 654. The number of nitrogens with zero attached hydrogens (tertiary/aromatic N) is 1. The quantitative estimate of drug-likeness (QED) is 0.851. The SMILES string of the molecule is COc1ccccc1-c1c(C(=O)O)[nH]c(=O)n1C. The number of methoxy groups -OCH3 is 1. The Kier molecular flexibility index (Phi) is 2.93. The number of ether oxygens (including phenoxy) is 1. The summed E-state index contributed by atoms with van der Waals surface area (Å²) in [5.41, 5.74) is 0.225. The summed E-state index contributed by atoms with van der Waals surface area (Å²) in [4.78, 5) is 25.0. The van der Waals surface area contributed by atoms with Crippen molar-refractivity contribution in [2.75, 3.05) is 7.11 Å². The number of nitrogens with one attached hydrogen (secondary N) is 1. The largest absolute Gasteiger partial charge is 0.496 e. The molecule has 0 bridgehead atoms. The Morgan fingerprint density at radius 1 is 1.39 bits per heavy atom. The van der Waals surface area contributed by atoms with Gasteiger partial charge in [-0.15, -0.1) is 0 Å². The van der Waals surface area contributed by atoms with E-state index in [0.717, 1.165) is 0 Å². The van der Waals surface area contributed by atoms with E-state index in [1.165, 1.54) is 18.7 Å². The van der Waals surface area contributed by atoms with Crippen LogP contribution in [0.25, 0.3) is 11.3 Å². The highest BCUT2D eigenvalue weighted by Crippen LogP contribution is 2.30. The summed E-state index contributed by atoms with van der Waals surface area (Å²) in [5.74, 6) is -0.678. The highest BCUT2D eigenvalue weighted by molar-refractivity contribution is 5.93. The van der Waals surface area contributed by atoms with Crippen molar-refractivity contribution < 1.29 is 14.6 Å². The molecule has 1 aromatic carbocycles. The second-order valence-corrected chi connectivity index (χ2v) is 3.72. The predicted molar refractivity (Wildman–Crippen MR) is 65.0 cm³/mol. The van der Waals surface area contributed by atoms with Crippen LogP contribution in [-0.2, 0) is 7.05 Å². The molecule has 94 valence electrons. The van der Waals surface area contributed by atoms with Gasteiger partial charge in [0.2, 0.25) is 0 Å². The number of para-hydroxylation sites is 1. The maximum atomic E-state index is 11.5. The first kappa shape index (κ1) is 12.0. The molecule has 0 saturated carbocycles. The van der Waals surface area contributed by atoms with Gasteiger partial charge in [0.15, 0.2) is 5.69 Å². The number of carboxylic acids is 1. The van der Waals surface area contributed by atoms with Crippen LogP contribution in [0.3, 0.4) is 0 Å². The number of aromatic nitrogens is 2. The Morgan fingerprint density at radius 3 is 2.67 bits per heavy atom. The van der Waals surface area contributed by atoms with Gasteiger partial charge in [-0.25, -0.2) is 9.59 Å². The molecule has 1 heterocycles. The zero-order valence-electron chi connectivity index (χ0n) is 9.93. The van der Waals surface area contributed by atoms with Gasteiger partial charge in [-0.3, -0.25) is 9.55 Å². The molecule has 0 aliphatic rings. The van der Waals surface area contributed by atoms with Crippen LogP contribution >= 0.6 is 0 Å². The Balaban J connectivity index is 2.78. The fourth-order valence-electron chi connectivity index (χ4n) is 1.83. The molecule has 18 heavy (non-hydrogen) atoms. The van der Waals surface area contributed by atoms with Gasteiger partial charge in [0.25, 0.3) is 0 Å². The lowest BCUT2D eigenvalue weighted by Gasteiger charge is -2.09. The standard InChI is InChI=1S/C12H12N2O4/c1-14-10(9(11(15)16)13-12(14)17)7-5-3-4-6-8(7)18-2/h3-6H,1-2H3,(H,13,17)(H,15,16). The second-order valence-electron chi connectivity index (χ2n) is 3.72. The van der Waals surface area contributed by atoms with E-state index in [1.54, 1.807) is 24.3 Å². The first-order chi connectivity index (χ1) is 8.56. The van der Waals surface area contributed by atoms with Gasteiger partial charge in [-0.05, 0) is 12.1 Å². The second kappa shape index (κ2) is 4.40. The number of benzene rings is 1. The van der Waals surface area contributed by atoms with Crippen LogP contribution in [0.15, 0.2) is 29.1 Å². The minimum absolute atomic E-state index is 0.146. The molecule has 1 aromatic heterocycles. The average molecular weight is 248 g/mol. The molecule has 0 spiro atoms. The van der Waals surface area contributed by atoms with Gasteiger partial charge < -0.3 is 9.84 Å². The molecule has 0 aliphatic heterocycles. The molecule has 2 aromatic rings. The molecule has 0 radical (unpaired) electrons. The van der Waals surface area contributed by atoms with Crippen LogP contribution in [0.4, 0.5) is 0 Å². The van der Waals surface area contributed by atoms with Gasteiger partial charge in [0.1, 0.15) is 5.75 Å². The normalized spacial score (nSPS) is 10.3. The Morgan fingerprint density at radius 2 is 2.06 bits per heavy atom. The van der Waals surface area contributed by atoms with Gasteiger partial charge in [0, 0.05) is 12.6 Å². The van der Waals surface area contributed by atoms with Crippen molar-refractivity contribution in [3.8, 4) is 17.0 Å². The molecule has 0 unspecified atom stereocenters. The Labute approximate surface area is 102 Å². The van der Waals surface area contributed by atoms with E-state index in [-0.39, 0.29) is 5.69 Å². The third-order valence-corrected chi connectivity index (χ3v) is 2.68. The van der Waals surface area contributed by atoms with Crippen molar-refractivity contribution in [3.63, 3.8) is 0 Å². The van der Waals surface area contributed by atoms with Crippen LogP contribution in [0, 0.1) is 0 Å². The monoisotopic (exact) mass is 248 g/mol. The Hall–Kier alpha value is -2.50. The minimum Gasteiger partial charge on any atom is -0.496 e. The van der Waals surface area contributed by atoms with Crippen molar-refractivity contribution in [2.45, 2.75) is 0 Å². The number of imidazole rings is 1. The lowest BCUT2D eigenvalue weighted by Crippen LogP contribution is -2.13. The zero-order chi connectivity index (χ0) is 13.3. The molecule has 0 fully saturated rings. The number of carboxylic acid groups (broad SMARTS) is 1. The van der Waals surface area contributed by atoms with Crippen molar-refractivity contribution in [3.05, 3.63) is 40.4 Å². The van der Waals surface area contributed by atoms with Crippen molar-refractivity contribution >= 4 is 5.97 Å². The fourth-order valence-corrected chi connectivity index (χ4v) is 1.83. The molecule has 6 heteroatoms. The first-order valence-electron chi connectivity index (χ1n) is 5.22. The highest BCUT2D eigenvalue weighted by Gasteiger charge is 2.21. The lowest BCUT2D eigenvalue weighted by atomic mass is 10.1. The maximum Gasteiger partial charge on any atom is 0.354 e. The summed E-state index contributed by atoms with van der Waals surface area (Å²) >= 11 is 0. The van der Waals surface area contributed by atoms with E-state index in [2.05, 4.69) is 4.98 Å². The number of hydrogen-bond donors (Lipinski definition) is 2. The molecule has 2 rings (SSSR count). The number of aromatic amines is 1. The summed E-state index contributed by atoms with van der Waals surface area (Å²) in [5, 5.41) is 9.10. The van der Waals surface area contributed by atoms with Gasteiger partial charge in [0.05, 0.1) is 12.8 Å². The maximum absolute atomic E-state index is 11.5. The molecular weight excluding hydrogens is 236 g/mol. The fraction of sp³-hybridized carbons (Fsp3) is 0.167. The predicted octanol–water partition coefficient (Wildman–Crippen LogP) is 1.09. The van der Waals surface area contributed by atoms with E-state index >= 15 is 0 Å². The zero-order valence-corrected chi connectivity index (χ0v) is 9.93.